The summed E-state index contributed by atoms with van der Waals surface area (Å²) in [5, 5.41) is 0.570. The maximum absolute atomic E-state index is 13.4. The van der Waals surface area contributed by atoms with Gasteiger partial charge in [0.15, 0.2) is 6.54 Å². The van der Waals surface area contributed by atoms with E-state index in [-0.39, 0.29) is 19.0 Å². The van der Waals surface area contributed by atoms with Crippen LogP contribution in [0.15, 0.2) is 65.7 Å². The molecular formula is C24H20ClN4O3+. The summed E-state index contributed by atoms with van der Waals surface area (Å²) in [4.78, 5) is 46.8. The minimum absolute atomic E-state index is 0.0785. The highest BCUT2D eigenvalue weighted by molar-refractivity contribution is 6.30. The number of benzene rings is 2. The van der Waals surface area contributed by atoms with Gasteiger partial charge < -0.3 is 4.90 Å². The summed E-state index contributed by atoms with van der Waals surface area (Å²) in [5.41, 5.74) is 3.16. The molecule has 1 unspecified atom stereocenters. The van der Waals surface area contributed by atoms with Crippen LogP contribution in [0.2, 0.25) is 5.02 Å². The van der Waals surface area contributed by atoms with E-state index >= 15 is 0 Å². The van der Waals surface area contributed by atoms with Gasteiger partial charge in [-0.3, -0.25) is 9.79 Å². The van der Waals surface area contributed by atoms with Gasteiger partial charge in [-0.1, -0.05) is 41.9 Å². The number of dihydropyridines is 1. The van der Waals surface area contributed by atoms with Gasteiger partial charge in [-0.2, -0.15) is 14.3 Å². The van der Waals surface area contributed by atoms with E-state index in [9.17, 15) is 14.4 Å². The monoisotopic (exact) mass is 447 g/mol. The Balaban J connectivity index is 1.45. The lowest BCUT2D eigenvalue weighted by Crippen LogP contribution is -2.58. The first-order valence-electron chi connectivity index (χ1n) is 10.4. The SMILES string of the molecule is O=C1C2N=CC=CC2=[N+](CC(=O)N2CCc3ccccc32)C(=O)N1Cc1ccc(Cl)cc1. The molecule has 3 aliphatic rings. The fraction of sp³-hybridized carbons (Fsp3) is 0.208. The quantitative estimate of drug-likeness (QED) is 0.676. The van der Waals surface area contributed by atoms with E-state index in [1.807, 2.05) is 24.3 Å². The predicted octanol–water partition coefficient (Wildman–Crippen LogP) is 2.85. The Morgan fingerprint density at radius 2 is 1.91 bits per heavy atom. The molecule has 0 aliphatic carbocycles. The number of carbonyl (C=O) groups is 3. The third-order valence-electron chi connectivity index (χ3n) is 5.88. The maximum Gasteiger partial charge on any atom is 0.501 e. The van der Waals surface area contributed by atoms with Gasteiger partial charge in [0.05, 0.1) is 0 Å². The van der Waals surface area contributed by atoms with Crippen molar-refractivity contribution in [2.24, 2.45) is 4.99 Å². The number of urea groups is 1. The molecule has 0 radical (unpaired) electrons. The Hall–Kier alpha value is -3.58. The second-order valence-corrected chi connectivity index (χ2v) is 8.26. The molecule has 2 aromatic carbocycles. The van der Waals surface area contributed by atoms with Crippen molar-refractivity contribution in [2.45, 2.75) is 19.0 Å². The van der Waals surface area contributed by atoms with Gasteiger partial charge in [-0.25, -0.2) is 4.79 Å². The van der Waals surface area contributed by atoms with Crippen LogP contribution in [0.4, 0.5) is 10.5 Å². The Bertz CT molecular complexity index is 1220. The molecule has 4 amide bonds. The Morgan fingerprint density at radius 1 is 1.12 bits per heavy atom. The summed E-state index contributed by atoms with van der Waals surface area (Å²) in [5.74, 6) is -0.603. The van der Waals surface area contributed by atoms with Crippen LogP contribution in [0.25, 0.3) is 0 Å². The molecule has 3 aliphatic heterocycles. The summed E-state index contributed by atoms with van der Waals surface area (Å²) in [6.07, 6.45) is 5.67. The van der Waals surface area contributed by atoms with Crippen LogP contribution in [0.3, 0.4) is 0 Å². The van der Waals surface area contributed by atoms with E-state index in [0.29, 0.717) is 17.3 Å². The topological polar surface area (TPSA) is 73.1 Å². The second-order valence-electron chi connectivity index (χ2n) is 7.83. The molecule has 3 heterocycles. The van der Waals surface area contributed by atoms with Gasteiger partial charge in [0.2, 0.25) is 6.04 Å². The van der Waals surface area contributed by atoms with Crippen molar-refractivity contribution in [3.63, 3.8) is 0 Å². The molecule has 0 spiro atoms. The first-order chi connectivity index (χ1) is 15.5. The molecule has 0 bridgehead atoms. The van der Waals surface area contributed by atoms with Crippen molar-refractivity contribution >= 4 is 47.1 Å². The smallest absolute Gasteiger partial charge is 0.308 e. The number of allylic oxidation sites excluding steroid dienone is 1. The number of fused-ring (bicyclic) bond motifs is 2. The molecule has 1 atom stereocenters. The zero-order valence-corrected chi connectivity index (χ0v) is 17.9. The fourth-order valence-electron chi connectivity index (χ4n) is 4.27. The molecule has 7 nitrogen and oxygen atoms in total. The minimum Gasteiger partial charge on any atom is -0.308 e. The first kappa shape index (κ1) is 20.3. The van der Waals surface area contributed by atoms with Gasteiger partial charge in [-0.05, 0) is 47.9 Å². The summed E-state index contributed by atoms with van der Waals surface area (Å²) >= 11 is 5.95. The van der Waals surface area contributed by atoms with Gasteiger partial charge in [0.25, 0.3) is 5.91 Å². The van der Waals surface area contributed by atoms with Crippen molar-refractivity contribution < 1.29 is 19.0 Å². The summed E-state index contributed by atoms with van der Waals surface area (Å²) in [7, 11) is 0. The first-order valence-corrected chi connectivity index (χ1v) is 10.7. The molecule has 160 valence electrons. The molecular weight excluding hydrogens is 428 g/mol. The summed E-state index contributed by atoms with van der Waals surface area (Å²) in [6, 6.07) is 13.3. The molecule has 5 rings (SSSR count). The van der Waals surface area contributed by atoms with Crippen LogP contribution < -0.4 is 4.90 Å². The van der Waals surface area contributed by atoms with Gasteiger partial charge in [0, 0.05) is 23.5 Å². The molecule has 2 aromatic rings. The minimum atomic E-state index is -0.844. The number of carbonyl (C=O) groups excluding carboxylic acids is 3. The van der Waals surface area contributed by atoms with Crippen LogP contribution in [0.1, 0.15) is 11.1 Å². The number of amides is 4. The van der Waals surface area contributed by atoms with Crippen LogP contribution in [-0.2, 0) is 22.6 Å². The van der Waals surface area contributed by atoms with Crippen LogP contribution >= 0.6 is 11.6 Å². The van der Waals surface area contributed by atoms with E-state index in [2.05, 4.69) is 4.99 Å². The Morgan fingerprint density at radius 3 is 2.72 bits per heavy atom. The van der Waals surface area contributed by atoms with Crippen LogP contribution in [-0.4, -0.2) is 58.4 Å². The zero-order chi connectivity index (χ0) is 22.2. The summed E-state index contributed by atoms with van der Waals surface area (Å²) < 4.78 is 1.37. The number of hydrogen-bond donors (Lipinski definition) is 0. The normalized spacial score (nSPS) is 19.5. The molecule has 0 saturated carbocycles. The number of rotatable bonds is 4. The predicted molar refractivity (Wildman–Crippen MR) is 121 cm³/mol. The lowest BCUT2D eigenvalue weighted by atomic mass is 10.0. The van der Waals surface area contributed by atoms with Gasteiger partial charge in [0.1, 0.15) is 12.3 Å². The number of imide groups is 1. The van der Waals surface area contributed by atoms with E-state index in [1.165, 1.54) is 4.58 Å². The highest BCUT2D eigenvalue weighted by Gasteiger charge is 2.48. The fourth-order valence-corrected chi connectivity index (χ4v) is 4.39. The highest BCUT2D eigenvalue weighted by atomic mass is 35.5. The second kappa shape index (κ2) is 8.16. The Kier molecular flexibility index (Phi) is 5.19. The maximum atomic E-state index is 13.4. The molecule has 32 heavy (non-hydrogen) atoms. The molecule has 0 saturated heterocycles. The van der Waals surface area contributed by atoms with E-state index in [0.717, 1.165) is 28.1 Å². The van der Waals surface area contributed by atoms with Crippen molar-refractivity contribution in [3.05, 3.63) is 76.8 Å². The molecule has 0 aromatic heterocycles. The summed E-state index contributed by atoms with van der Waals surface area (Å²) in [6.45, 7) is 0.485. The lowest BCUT2D eigenvalue weighted by Gasteiger charge is -2.27. The molecule has 0 fully saturated rings. The van der Waals surface area contributed by atoms with E-state index in [4.69, 9.17) is 11.6 Å². The van der Waals surface area contributed by atoms with Gasteiger partial charge >= 0.3 is 11.9 Å². The van der Waals surface area contributed by atoms with Crippen molar-refractivity contribution in [3.8, 4) is 0 Å². The third-order valence-corrected chi connectivity index (χ3v) is 6.13. The average molecular weight is 448 g/mol. The van der Waals surface area contributed by atoms with Crippen molar-refractivity contribution in [1.29, 1.82) is 0 Å². The van der Waals surface area contributed by atoms with Crippen LogP contribution in [0, 0.1) is 0 Å². The molecule has 0 N–H and O–H groups in total. The van der Waals surface area contributed by atoms with E-state index in [1.54, 1.807) is 47.5 Å². The highest BCUT2D eigenvalue weighted by Crippen LogP contribution is 2.28. The van der Waals surface area contributed by atoms with Crippen molar-refractivity contribution in [1.82, 2.24) is 4.90 Å². The van der Waals surface area contributed by atoms with Crippen LogP contribution in [0.5, 0.6) is 0 Å². The number of nitrogens with zero attached hydrogens (tertiary/aromatic N) is 4. The van der Waals surface area contributed by atoms with Crippen molar-refractivity contribution in [2.75, 3.05) is 18.0 Å². The Labute approximate surface area is 189 Å². The number of para-hydroxylation sites is 1. The average Bonchev–Trinajstić information content (AvgIpc) is 3.25. The largest absolute Gasteiger partial charge is 0.501 e. The number of anilines is 1. The number of halogens is 1. The van der Waals surface area contributed by atoms with Gasteiger partial charge in [-0.15, -0.1) is 0 Å². The standard InChI is InChI=1S/C24H20ClN4O3/c25-18-9-7-16(8-10-18)14-29-23(31)22-20(6-3-12-26-22)28(24(29)32)15-21(30)27-13-11-17-4-1-2-5-19(17)27/h1-10,12,22H,11,13-15H2/q+1. The lowest BCUT2D eigenvalue weighted by molar-refractivity contribution is -0.427. The van der Waals surface area contributed by atoms with E-state index < -0.39 is 18.0 Å². The molecule has 8 heteroatoms. The number of aliphatic imine (C=N–C) groups is 1. The third kappa shape index (κ3) is 3.54. The zero-order valence-electron chi connectivity index (χ0n) is 17.1. The number of hydrogen-bond acceptors (Lipinski definition) is 4.